The van der Waals surface area contributed by atoms with Crippen molar-refractivity contribution in [3.8, 4) is 0 Å². The SMILES string of the molecule is CCOC1C(=O)C=CN=C1C. The summed E-state index contributed by atoms with van der Waals surface area (Å²) in [7, 11) is 0. The van der Waals surface area contributed by atoms with Gasteiger partial charge in [0.15, 0.2) is 11.9 Å². The van der Waals surface area contributed by atoms with Gasteiger partial charge in [-0.15, -0.1) is 0 Å². The lowest BCUT2D eigenvalue weighted by Crippen LogP contribution is -2.31. The van der Waals surface area contributed by atoms with Gasteiger partial charge in [-0.2, -0.15) is 0 Å². The monoisotopic (exact) mass is 153 g/mol. The van der Waals surface area contributed by atoms with Crippen LogP contribution in [0.25, 0.3) is 0 Å². The van der Waals surface area contributed by atoms with Crippen LogP contribution in [-0.4, -0.2) is 24.2 Å². The Hall–Kier alpha value is -0.960. The second kappa shape index (κ2) is 3.44. The van der Waals surface area contributed by atoms with Gasteiger partial charge in [-0.05, 0) is 13.8 Å². The van der Waals surface area contributed by atoms with Gasteiger partial charge in [-0.1, -0.05) is 0 Å². The number of carbonyl (C=O) groups is 1. The van der Waals surface area contributed by atoms with Crippen LogP contribution in [0.2, 0.25) is 0 Å². The summed E-state index contributed by atoms with van der Waals surface area (Å²) in [4.78, 5) is 15.1. The van der Waals surface area contributed by atoms with E-state index in [1.165, 1.54) is 12.3 Å². The maximum absolute atomic E-state index is 11.1. The molecule has 0 saturated carbocycles. The summed E-state index contributed by atoms with van der Waals surface area (Å²) < 4.78 is 5.18. The van der Waals surface area contributed by atoms with E-state index in [4.69, 9.17) is 4.74 Å². The van der Waals surface area contributed by atoms with Crippen LogP contribution in [0.15, 0.2) is 17.3 Å². The molecule has 3 nitrogen and oxygen atoms in total. The second-order valence-corrected chi connectivity index (χ2v) is 2.32. The van der Waals surface area contributed by atoms with E-state index in [0.717, 1.165) is 5.71 Å². The molecule has 1 unspecified atom stereocenters. The zero-order valence-electron chi connectivity index (χ0n) is 6.70. The predicted molar refractivity (Wildman–Crippen MR) is 42.7 cm³/mol. The van der Waals surface area contributed by atoms with Gasteiger partial charge in [0.05, 0.1) is 5.71 Å². The van der Waals surface area contributed by atoms with Crippen molar-refractivity contribution in [2.24, 2.45) is 4.99 Å². The normalized spacial score (nSPS) is 23.6. The maximum atomic E-state index is 11.1. The largest absolute Gasteiger partial charge is 0.364 e. The van der Waals surface area contributed by atoms with Crippen molar-refractivity contribution in [1.82, 2.24) is 0 Å². The molecule has 0 fully saturated rings. The number of hydrogen-bond acceptors (Lipinski definition) is 3. The molecular formula is C8H11NO2. The molecule has 1 aliphatic heterocycles. The van der Waals surface area contributed by atoms with Gasteiger partial charge in [0.1, 0.15) is 0 Å². The van der Waals surface area contributed by atoms with E-state index >= 15 is 0 Å². The van der Waals surface area contributed by atoms with Crippen LogP contribution in [0.3, 0.4) is 0 Å². The summed E-state index contributed by atoms with van der Waals surface area (Å²) in [6, 6.07) is 0. The molecule has 0 aromatic rings. The lowest BCUT2D eigenvalue weighted by atomic mass is 10.1. The van der Waals surface area contributed by atoms with Gasteiger partial charge in [0.25, 0.3) is 0 Å². The quantitative estimate of drug-likeness (QED) is 0.592. The van der Waals surface area contributed by atoms with Crippen LogP contribution < -0.4 is 0 Å². The Kier molecular flexibility index (Phi) is 2.54. The molecule has 0 saturated heterocycles. The minimum atomic E-state index is -0.440. The average Bonchev–Trinajstić information content (AvgIpc) is 1.97. The molecule has 0 bridgehead atoms. The van der Waals surface area contributed by atoms with Crippen molar-refractivity contribution >= 4 is 11.5 Å². The van der Waals surface area contributed by atoms with Crippen LogP contribution in [0.1, 0.15) is 13.8 Å². The summed E-state index contributed by atoms with van der Waals surface area (Å²) in [6.45, 7) is 4.19. The highest BCUT2D eigenvalue weighted by atomic mass is 16.5. The summed E-state index contributed by atoms with van der Waals surface area (Å²) in [5.74, 6) is -0.0145. The molecule has 0 amide bonds. The molecule has 0 spiro atoms. The zero-order valence-corrected chi connectivity index (χ0v) is 6.70. The first-order chi connectivity index (χ1) is 5.25. The third-order valence-electron chi connectivity index (χ3n) is 1.49. The lowest BCUT2D eigenvalue weighted by molar-refractivity contribution is -0.121. The molecule has 0 radical (unpaired) electrons. The van der Waals surface area contributed by atoms with Gasteiger partial charge in [0, 0.05) is 18.9 Å². The van der Waals surface area contributed by atoms with Crippen LogP contribution in [0.5, 0.6) is 0 Å². The summed E-state index contributed by atoms with van der Waals surface area (Å²) in [5, 5.41) is 0. The molecule has 0 aromatic heterocycles. The lowest BCUT2D eigenvalue weighted by Gasteiger charge is -2.15. The van der Waals surface area contributed by atoms with Crippen LogP contribution in [-0.2, 0) is 9.53 Å². The molecular weight excluding hydrogens is 142 g/mol. The molecule has 60 valence electrons. The minimum absolute atomic E-state index is 0.0145. The summed E-state index contributed by atoms with van der Waals surface area (Å²) >= 11 is 0. The summed E-state index contributed by atoms with van der Waals surface area (Å²) in [5.41, 5.74) is 0.736. The number of aliphatic imine (C=N–C) groups is 1. The Labute approximate surface area is 65.8 Å². The molecule has 0 aliphatic carbocycles. The Morgan fingerprint density at radius 2 is 2.45 bits per heavy atom. The fourth-order valence-corrected chi connectivity index (χ4v) is 0.959. The molecule has 1 aliphatic rings. The zero-order chi connectivity index (χ0) is 8.27. The number of nitrogens with zero attached hydrogens (tertiary/aromatic N) is 1. The van der Waals surface area contributed by atoms with E-state index in [-0.39, 0.29) is 5.78 Å². The number of rotatable bonds is 2. The Morgan fingerprint density at radius 3 is 3.00 bits per heavy atom. The highest BCUT2D eigenvalue weighted by Crippen LogP contribution is 2.04. The van der Waals surface area contributed by atoms with Gasteiger partial charge >= 0.3 is 0 Å². The van der Waals surface area contributed by atoms with E-state index in [2.05, 4.69) is 4.99 Å². The van der Waals surface area contributed by atoms with Crippen LogP contribution >= 0.6 is 0 Å². The van der Waals surface area contributed by atoms with E-state index in [1.54, 1.807) is 6.92 Å². The Bertz CT molecular complexity index is 218. The van der Waals surface area contributed by atoms with E-state index in [9.17, 15) is 4.79 Å². The smallest absolute Gasteiger partial charge is 0.191 e. The van der Waals surface area contributed by atoms with E-state index in [0.29, 0.717) is 6.61 Å². The van der Waals surface area contributed by atoms with Crippen molar-refractivity contribution in [2.45, 2.75) is 20.0 Å². The Morgan fingerprint density at radius 1 is 1.73 bits per heavy atom. The van der Waals surface area contributed by atoms with Crippen molar-refractivity contribution in [2.75, 3.05) is 6.61 Å². The first-order valence-corrected chi connectivity index (χ1v) is 3.62. The van der Waals surface area contributed by atoms with Gasteiger partial charge in [0.2, 0.25) is 0 Å². The molecule has 1 atom stereocenters. The highest BCUT2D eigenvalue weighted by Gasteiger charge is 2.21. The summed E-state index contributed by atoms with van der Waals surface area (Å²) in [6.07, 6.45) is 2.51. The van der Waals surface area contributed by atoms with Crippen molar-refractivity contribution < 1.29 is 9.53 Å². The van der Waals surface area contributed by atoms with Crippen LogP contribution in [0, 0.1) is 0 Å². The molecule has 0 N–H and O–H groups in total. The number of hydrogen-bond donors (Lipinski definition) is 0. The molecule has 1 heterocycles. The van der Waals surface area contributed by atoms with Crippen molar-refractivity contribution in [1.29, 1.82) is 0 Å². The standard InChI is InChI=1S/C8H11NO2/c1-3-11-8-6(2)9-5-4-7(8)10/h4-5,8H,3H2,1-2H3. The van der Waals surface area contributed by atoms with E-state index in [1.807, 2.05) is 6.92 Å². The average molecular weight is 153 g/mol. The van der Waals surface area contributed by atoms with Crippen molar-refractivity contribution in [3.05, 3.63) is 12.3 Å². The minimum Gasteiger partial charge on any atom is -0.364 e. The number of carbonyl (C=O) groups excluding carboxylic acids is 1. The van der Waals surface area contributed by atoms with E-state index < -0.39 is 6.10 Å². The molecule has 0 aromatic carbocycles. The third-order valence-corrected chi connectivity index (χ3v) is 1.49. The fraction of sp³-hybridized carbons (Fsp3) is 0.500. The van der Waals surface area contributed by atoms with Gasteiger partial charge < -0.3 is 4.74 Å². The first-order valence-electron chi connectivity index (χ1n) is 3.62. The topological polar surface area (TPSA) is 38.7 Å². The fourth-order valence-electron chi connectivity index (χ4n) is 0.959. The third kappa shape index (κ3) is 1.74. The molecule has 3 heteroatoms. The number of ketones is 1. The Balaban J connectivity index is 2.70. The first kappa shape index (κ1) is 8.14. The van der Waals surface area contributed by atoms with Crippen LogP contribution in [0.4, 0.5) is 0 Å². The predicted octanol–water partition coefficient (Wildman–Crippen LogP) is 0.949. The van der Waals surface area contributed by atoms with Crippen molar-refractivity contribution in [3.63, 3.8) is 0 Å². The highest BCUT2D eigenvalue weighted by molar-refractivity contribution is 6.13. The van der Waals surface area contributed by atoms with Gasteiger partial charge in [-0.3, -0.25) is 9.79 Å². The molecule has 11 heavy (non-hydrogen) atoms. The molecule has 1 rings (SSSR count). The number of ether oxygens (including phenoxy) is 1. The maximum Gasteiger partial charge on any atom is 0.191 e. The van der Waals surface area contributed by atoms with Gasteiger partial charge in [-0.25, -0.2) is 0 Å². The second-order valence-electron chi connectivity index (χ2n) is 2.32.